The summed E-state index contributed by atoms with van der Waals surface area (Å²) in [7, 11) is 4.39. The van der Waals surface area contributed by atoms with E-state index in [1.54, 1.807) is 30.3 Å². The predicted octanol–water partition coefficient (Wildman–Crippen LogP) is 3.00. The van der Waals surface area contributed by atoms with Gasteiger partial charge in [0, 0.05) is 12.1 Å². The average Bonchev–Trinajstić information content (AvgIpc) is 2.72. The zero-order chi connectivity index (χ0) is 22.0. The van der Waals surface area contributed by atoms with E-state index in [2.05, 4.69) is 5.32 Å². The van der Waals surface area contributed by atoms with Crippen molar-refractivity contribution in [2.24, 2.45) is 0 Å². The van der Waals surface area contributed by atoms with Crippen LogP contribution in [0.1, 0.15) is 16.7 Å². The number of urea groups is 1. The standard InChI is InChI=1S/C22H22N2O6/c1-12-6-7-14(8-13(12)2)24-21(26)17(20(25)23-22(24)27)11-16-18(29-4)9-15(28-3)10-19(16)30-5/h6-11H,1-5H3,(H,23,25,27)/b17-11-. The summed E-state index contributed by atoms with van der Waals surface area (Å²) < 4.78 is 16.0. The Morgan fingerprint density at radius 1 is 0.867 bits per heavy atom. The summed E-state index contributed by atoms with van der Waals surface area (Å²) in [5.74, 6) is -0.378. The summed E-state index contributed by atoms with van der Waals surface area (Å²) in [6.45, 7) is 3.80. The highest BCUT2D eigenvalue weighted by atomic mass is 16.5. The largest absolute Gasteiger partial charge is 0.496 e. The van der Waals surface area contributed by atoms with Gasteiger partial charge in [0.25, 0.3) is 11.8 Å². The van der Waals surface area contributed by atoms with E-state index in [1.165, 1.54) is 27.4 Å². The molecule has 1 saturated heterocycles. The summed E-state index contributed by atoms with van der Waals surface area (Å²) in [4.78, 5) is 39.0. The highest BCUT2D eigenvalue weighted by Gasteiger charge is 2.37. The lowest BCUT2D eigenvalue weighted by molar-refractivity contribution is -0.122. The number of rotatable bonds is 5. The van der Waals surface area contributed by atoms with Crippen molar-refractivity contribution in [1.29, 1.82) is 0 Å². The van der Waals surface area contributed by atoms with Crippen LogP contribution >= 0.6 is 0 Å². The van der Waals surface area contributed by atoms with Crippen LogP contribution in [0.4, 0.5) is 10.5 Å². The van der Waals surface area contributed by atoms with Crippen molar-refractivity contribution in [3.8, 4) is 17.2 Å². The molecule has 1 aliphatic rings. The molecule has 2 aromatic carbocycles. The van der Waals surface area contributed by atoms with Crippen molar-refractivity contribution >= 4 is 29.6 Å². The molecule has 1 heterocycles. The number of aryl methyl sites for hydroxylation is 2. The van der Waals surface area contributed by atoms with Gasteiger partial charge in [0.15, 0.2) is 0 Å². The highest BCUT2D eigenvalue weighted by Crippen LogP contribution is 2.36. The van der Waals surface area contributed by atoms with Crippen LogP contribution in [0.15, 0.2) is 35.9 Å². The zero-order valence-corrected chi connectivity index (χ0v) is 17.4. The number of imide groups is 2. The molecule has 0 atom stereocenters. The van der Waals surface area contributed by atoms with Crippen LogP contribution in [0, 0.1) is 13.8 Å². The number of barbiturate groups is 1. The van der Waals surface area contributed by atoms with Crippen LogP contribution < -0.4 is 24.4 Å². The van der Waals surface area contributed by atoms with E-state index in [-0.39, 0.29) is 5.57 Å². The second-order valence-corrected chi connectivity index (χ2v) is 6.67. The van der Waals surface area contributed by atoms with Gasteiger partial charge < -0.3 is 14.2 Å². The normalized spacial score (nSPS) is 15.3. The first-order valence-electron chi connectivity index (χ1n) is 9.09. The number of carbonyl (C=O) groups is 3. The van der Waals surface area contributed by atoms with Crippen LogP contribution in [-0.2, 0) is 9.59 Å². The van der Waals surface area contributed by atoms with Crippen LogP contribution in [0.2, 0.25) is 0 Å². The van der Waals surface area contributed by atoms with Crippen molar-refractivity contribution in [1.82, 2.24) is 5.32 Å². The van der Waals surface area contributed by atoms with E-state index in [4.69, 9.17) is 14.2 Å². The van der Waals surface area contributed by atoms with Gasteiger partial charge in [0.1, 0.15) is 22.8 Å². The minimum atomic E-state index is -0.806. The number of hydrogen-bond donors (Lipinski definition) is 1. The lowest BCUT2D eigenvalue weighted by atomic mass is 10.0. The Labute approximate surface area is 174 Å². The van der Waals surface area contributed by atoms with E-state index < -0.39 is 17.8 Å². The van der Waals surface area contributed by atoms with Gasteiger partial charge in [-0.3, -0.25) is 14.9 Å². The highest BCUT2D eigenvalue weighted by molar-refractivity contribution is 6.39. The fourth-order valence-electron chi connectivity index (χ4n) is 3.08. The van der Waals surface area contributed by atoms with Gasteiger partial charge in [-0.25, -0.2) is 9.69 Å². The maximum Gasteiger partial charge on any atom is 0.335 e. The van der Waals surface area contributed by atoms with E-state index in [0.717, 1.165) is 16.0 Å². The Balaban J connectivity index is 2.12. The molecule has 0 aromatic heterocycles. The summed E-state index contributed by atoms with van der Waals surface area (Å²) in [5, 5.41) is 2.21. The lowest BCUT2D eigenvalue weighted by Crippen LogP contribution is -2.54. The third kappa shape index (κ3) is 3.71. The number of nitrogens with zero attached hydrogens (tertiary/aromatic N) is 1. The maximum atomic E-state index is 13.1. The van der Waals surface area contributed by atoms with Crippen LogP contribution in [0.3, 0.4) is 0 Å². The number of ether oxygens (including phenoxy) is 3. The van der Waals surface area contributed by atoms with Crippen molar-refractivity contribution in [2.75, 3.05) is 26.2 Å². The Kier molecular flexibility index (Phi) is 5.77. The number of hydrogen-bond acceptors (Lipinski definition) is 6. The first-order valence-corrected chi connectivity index (χ1v) is 9.09. The van der Waals surface area contributed by atoms with Crippen LogP contribution in [0.25, 0.3) is 6.08 Å². The van der Waals surface area contributed by atoms with Crippen molar-refractivity contribution in [3.05, 3.63) is 52.6 Å². The first kappa shape index (κ1) is 20.9. The van der Waals surface area contributed by atoms with Gasteiger partial charge in [0.05, 0.1) is 32.6 Å². The average molecular weight is 410 g/mol. The summed E-state index contributed by atoms with van der Waals surface area (Å²) >= 11 is 0. The van der Waals surface area contributed by atoms with Gasteiger partial charge in [0.2, 0.25) is 0 Å². The zero-order valence-electron chi connectivity index (χ0n) is 17.4. The molecule has 0 spiro atoms. The fourth-order valence-corrected chi connectivity index (χ4v) is 3.08. The molecule has 0 radical (unpaired) electrons. The molecular formula is C22H22N2O6. The number of anilines is 1. The van der Waals surface area contributed by atoms with Gasteiger partial charge in [-0.2, -0.15) is 0 Å². The summed E-state index contributed by atoms with van der Waals surface area (Å²) in [6, 6.07) is 7.58. The third-order valence-corrected chi connectivity index (χ3v) is 4.89. The molecule has 0 aliphatic carbocycles. The maximum absolute atomic E-state index is 13.1. The fraction of sp³-hybridized carbons (Fsp3) is 0.227. The predicted molar refractivity (Wildman–Crippen MR) is 111 cm³/mol. The Bertz CT molecular complexity index is 1050. The number of nitrogens with one attached hydrogen (secondary N) is 1. The minimum absolute atomic E-state index is 0.227. The Morgan fingerprint density at radius 3 is 2.03 bits per heavy atom. The molecule has 2 aromatic rings. The molecule has 8 nitrogen and oxygen atoms in total. The van der Waals surface area contributed by atoms with E-state index in [9.17, 15) is 14.4 Å². The minimum Gasteiger partial charge on any atom is -0.496 e. The molecule has 4 amide bonds. The van der Waals surface area contributed by atoms with Gasteiger partial charge in [-0.1, -0.05) is 6.07 Å². The molecule has 0 saturated carbocycles. The molecule has 1 N–H and O–H groups in total. The molecule has 8 heteroatoms. The van der Waals surface area contributed by atoms with E-state index in [0.29, 0.717) is 28.5 Å². The van der Waals surface area contributed by atoms with Crippen molar-refractivity contribution in [3.63, 3.8) is 0 Å². The molecule has 3 rings (SSSR count). The van der Waals surface area contributed by atoms with Crippen molar-refractivity contribution < 1.29 is 28.6 Å². The van der Waals surface area contributed by atoms with E-state index in [1.807, 2.05) is 13.8 Å². The number of methoxy groups -OCH3 is 3. The SMILES string of the molecule is COc1cc(OC)c(/C=C2/C(=O)NC(=O)N(c3ccc(C)c(C)c3)C2=O)c(OC)c1. The molecule has 1 fully saturated rings. The Morgan fingerprint density at radius 2 is 1.50 bits per heavy atom. The quantitative estimate of drug-likeness (QED) is 0.602. The second-order valence-electron chi connectivity index (χ2n) is 6.67. The number of benzene rings is 2. The smallest absolute Gasteiger partial charge is 0.335 e. The molecular weight excluding hydrogens is 388 g/mol. The van der Waals surface area contributed by atoms with Gasteiger partial charge >= 0.3 is 6.03 Å². The molecule has 30 heavy (non-hydrogen) atoms. The van der Waals surface area contributed by atoms with Gasteiger partial charge in [-0.15, -0.1) is 0 Å². The topological polar surface area (TPSA) is 94.2 Å². The summed E-state index contributed by atoms with van der Waals surface area (Å²) in [6.07, 6.45) is 1.34. The summed E-state index contributed by atoms with van der Waals surface area (Å²) in [5.41, 5.74) is 2.44. The van der Waals surface area contributed by atoms with Crippen molar-refractivity contribution in [2.45, 2.75) is 13.8 Å². The molecule has 156 valence electrons. The van der Waals surface area contributed by atoms with Gasteiger partial charge in [-0.05, 0) is 43.2 Å². The number of amides is 4. The van der Waals surface area contributed by atoms with Crippen LogP contribution in [-0.4, -0.2) is 39.2 Å². The van der Waals surface area contributed by atoms with E-state index >= 15 is 0 Å². The van der Waals surface area contributed by atoms with Crippen LogP contribution in [0.5, 0.6) is 17.2 Å². The molecule has 1 aliphatic heterocycles. The second kappa shape index (κ2) is 8.28. The third-order valence-electron chi connectivity index (χ3n) is 4.89. The Hall–Kier alpha value is -3.81. The lowest BCUT2D eigenvalue weighted by Gasteiger charge is -2.27. The monoisotopic (exact) mass is 410 g/mol. The molecule has 0 unspecified atom stereocenters. The number of carbonyl (C=O) groups excluding carboxylic acids is 3. The molecule has 0 bridgehead atoms. The first-order chi connectivity index (χ1) is 14.3.